The van der Waals surface area contributed by atoms with E-state index in [1.54, 1.807) is 36.4 Å². The first-order valence-electron chi connectivity index (χ1n) is 9.33. The Labute approximate surface area is 170 Å². The fourth-order valence-corrected chi connectivity index (χ4v) is 3.27. The monoisotopic (exact) mass is 403 g/mol. The number of likely N-dealkylation sites (N-methyl/N-ethyl adjacent to an activating group) is 1. The summed E-state index contributed by atoms with van der Waals surface area (Å²) in [5, 5.41) is 20.7. The van der Waals surface area contributed by atoms with Gasteiger partial charge < -0.3 is 20.6 Å². The van der Waals surface area contributed by atoms with Crippen molar-refractivity contribution in [1.29, 1.82) is 0 Å². The Morgan fingerprint density at radius 1 is 1.36 bits per heavy atom. The molecule has 0 spiro atoms. The van der Waals surface area contributed by atoms with Crippen LogP contribution in [0.4, 0.5) is 0 Å². The summed E-state index contributed by atoms with van der Waals surface area (Å²) in [6.07, 6.45) is 2.45. The number of nitrogens with zero attached hydrogens (tertiary/aromatic N) is 3. The molecule has 28 heavy (non-hydrogen) atoms. The second-order valence-electron chi connectivity index (χ2n) is 6.72. The van der Waals surface area contributed by atoms with Crippen molar-refractivity contribution in [2.45, 2.75) is 25.9 Å². The number of carbonyl (C=O) groups is 1. The van der Waals surface area contributed by atoms with Gasteiger partial charge in [0.25, 0.3) is 0 Å². The molecule has 0 aliphatic heterocycles. The molecule has 2 heterocycles. The van der Waals surface area contributed by atoms with Gasteiger partial charge in [-0.05, 0) is 48.4 Å². The third kappa shape index (κ3) is 6.94. The smallest absolute Gasteiger partial charge is 0.244 e. The maximum atomic E-state index is 12.4. The molecule has 0 saturated heterocycles. The Morgan fingerprint density at radius 2 is 2.18 bits per heavy atom. The summed E-state index contributed by atoms with van der Waals surface area (Å²) < 4.78 is 0. The van der Waals surface area contributed by atoms with E-state index >= 15 is 0 Å². The zero-order valence-electron chi connectivity index (χ0n) is 16.7. The maximum absolute atomic E-state index is 12.4. The molecule has 0 fully saturated rings. The van der Waals surface area contributed by atoms with Crippen LogP contribution in [-0.4, -0.2) is 60.1 Å². The van der Waals surface area contributed by atoms with Gasteiger partial charge in [0.15, 0.2) is 5.96 Å². The molecule has 3 N–H and O–H groups in total. The van der Waals surface area contributed by atoms with Crippen LogP contribution in [-0.2, 0) is 16.8 Å². The number of hydrogen-bond donors (Lipinski definition) is 3. The second-order valence-corrected chi connectivity index (χ2v) is 7.50. The number of rotatable bonds is 9. The van der Waals surface area contributed by atoms with Gasteiger partial charge in [-0.2, -0.15) is 11.3 Å². The maximum Gasteiger partial charge on any atom is 0.244 e. The fraction of sp³-hybridized carbons (Fsp3) is 0.450. The van der Waals surface area contributed by atoms with Crippen molar-refractivity contribution in [3.05, 3.63) is 52.5 Å². The van der Waals surface area contributed by atoms with Crippen LogP contribution in [0.2, 0.25) is 0 Å². The van der Waals surface area contributed by atoms with Crippen LogP contribution in [0.1, 0.15) is 25.1 Å². The first-order chi connectivity index (χ1) is 13.4. The first kappa shape index (κ1) is 21.8. The average molecular weight is 404 g/mol. The number of hydrogen-bond acceptors (Lipinski definition) is 5. The van der Waals surface area contributed by atoms with Crippen LogP contribution in [0, 0.1) is 0 Å². The number of aliphatic hydroxyl groups is 1. The van der Waals surface area contributed by atoms with Crippen molar-refractivity contribution in [1.82, 2.24) is 20.5 Å². The van der Waals surface area contributed by atoms with Gasteiger partial charge in [0.2, 0.25) is 5.91 Å². The van der Waals surface area contributed by atoms with E-state index in [0.29, 0.717) is 32.0 Å². The standard InChI is InChI=1S/C20H29N5O2S/c1-4-21-19(24-15-20(2,27)16-9-12-28-14-16)23-13-18(26)25(3)11-8-17-7-5-6-10-22-17/h5-7,9-10,12,14,27H,4,8,11,13,15H2,1-3H3,(H2,21,23,24). The highest BCUT2D eigenvalue weighted by Gasteiger charge is 2.23. The van der Waals surface area contributed by atoms with E-state index in [1.165, 1.54) is 0 Å². The van der Waals surface area contributed by atoms with Crippen molar-refractivity contribution in [3.8, 4) is 0 Å². The average Bonchev–Trinajstić information content (AvgIpc) is 3.24. The molecule has 2 aromatic heterocycles. The lowest BCUT2D eigenvalue weighted by Crippen LogP contribution is -2.45. The summed E-state index contributed by atoms with van der Waals surface area (Å²) >= 11 is 1.54. The molecular weight excluding hydrogens is 374 g/mol. The molecule has 0 radical (unpaired) electrons. The lowest BCUT2D eigenvalue weighted by molar-refractivity contribution is -0.128. The van der Waals surface area contributed by atoms with Gasteiger partial charge >= 0.3 is 0 Å². The minimum atomic E-state index is -1.01. The van der Waals surface area contributed by atoms with Crippen molar-refractivity contribution in [2.24, 2.45) is 4.99 Å². The van der Waals surface area contributed by atoms with E-state index in [2.05, 4.69) is 20.6 Å². The van der Waals surface area contributed by atoms with Gasteiger partial charge in [0.1, 0.15) is 12.1 Å². The van der Waals surface area contributed by atoms with Crippen LogP contribution < -0.4 is 10.6 Å². The van der Waals surface area contributed by atoms with Crippen LogP contribution >= 0.6 is 11.3 Å². The molecular formula is C20H29N5O2S. The molecule has 0 aliphatic rings. The van der Waals surface area contributed by atoms with Crippen molar-refractivity contribution in [3.63, 3.8) is 0 Å². The minimum Gasteiger partial charge on any atom is -0.384 e. The summed E-state index contributed by atoms with van der Waals surface area (Å²) in [6.45, 7) is 5.28. The molecule has 2 rings (SSSR count). The molecule has 0 aromatic carbocycles. The van der Waals surface area contributed by atoms with Gasteiger partial charge in [0, 0.05) is 38.4 Å². The molecule has 8 heteroatoms. The first-order valence-corrected chi connectivity index (χ1v) is 10.3. The summed E-state index contributed by atoms with van der Waals surface area (Å²) in [5.41, 5.74) is 0.794. The number of carbonyl (C=O) groups excluding carboxylic acids is 1. The number of thiophene rings is 1. The molecule has 0 aliphatic carbocycles. The number of nitrogens with one attached hydrogen (secondary N) is 2. The fourth-order valence-electron chi connectivity index (χ4n) is 2.49. The van der Waals surface area contributed by atoms with Gasteiger partial charge in [-0.15, -0.1) is 0 Å². The van der Waals surface area contributed by atoms with Crippen LogP contribution in [0.3, 0.4) is 0 Å². The van der Waals surface area contributed by atoms with Crippen molar-refractivity contribution >= 4 is 23.2 Å². The number of amides is 1. The lowest BCUT2D eigenvalue weighted by Gasteiger charge is -2.24. The highest BCUT2D eigenvalue weighted by molar-refractivity contribution is 7.08. The van der Waals surface area contributed by atoms with Crippen molar-refractivity contribution in [2.75, 3.05) is 33.2 Å². The highest BCUT2D eigenvalue weighted by Crippen LogP contribution is 2.21. The van der Waals surface area contributed by atoms with Gasteiger partial charge in [-0.3, -0.25) is 9.78 Å². The quantitative estimate of drug-likeness (QED) is 0.437. The lowest BCUT2D eigenvalue weighted by atomic mass is 9.99. The predicted octanol–water partition coefficient (Wildman–Crippen LogP) is 1.61. The Morgan fingerprint density at radius 3 is 2.82 bits per heavy atom. The van der Waals surface area contributed by atoms with Gasteiger partial charge in [-0.1, -0.05) is 6.07 Å². The van der Waals surface area contributed by atoms with E-state index in [-0.39, 0.29) is 12.5 Å². The molecule has 1 amide bonds. The highest BCUT2D eigenvalue weighted by atomic mass is 32.1. The molecule has 1 atom stereocenters. The molecule has 0 saturated carbocycles. The normalized spacial score (nSPS) is 13.6. The SMILES string of the molecule is CCNC(=NCC(=O)N(C)CCc1ccccn1)NCC(C)(O)c1ccsc1. The second kappa shape index (κ2) is 10.8. The molecule has 152 valence electrons. The summed E-state index contributed by atoms with van der Waals surface area (Å²) in [6, 6.07) is 7.66. The Kier molecular flexibility index (Phi) is 8.41. The topological polar surface area (TPSA) is 89.9 Å². The largest absolute Gasteiger partial charge is 0.384 e. The van der Waals surface area contributed by atoms with E-state index in [9.17, 15) is 9.90 Å². The number of pyridine rings is 1. The zero-order valence-corrected chi connectivity index (χ0v) is 17.5. The third-order valence-electron chi connectivity index (χ3n) is 4.32. The number of aromatic nitrogens is 1. The molecule has 0 bridgehead atoms. The third-order valence-corrected chi connectivity index (χ3v) is 5.00. The Bertz CT molecular complexity index is 747. The van der Waals surface area contributed by atoms with Crippen molar-refractivity contribution < 1.29 is 9.90 Å². The molecule has 2 aromatic rings. The van der Waals surface area contributed by atoms with Crippen LogP contribution in [0.25, 0.3) is 0 Å². The van der Waals surface area contributed by atoms with E-state index in [4.69, 9.17) is 0 Å². The Balaban J connectivity index is 1.85. The summed E-state index contributed by atoms with van der Waals surface area (Å²) in [4.78, 5) is 22.6. The summed E-state index contributed by atoms with van der Waals surface area (Å²) in [5.74, 6) is 0.433. The van der Waals surface area contributed by atoms with Gasteiger partial charge in [0.05, 0.1) is 6.54 Å². The minimum absolute atomic E-state index is 0.0364. The van der Waals surface area contributed by atoms with Gasteiger partial charge in [-0.25, -0.2) is 4.99 Å². The zero-order chi connectivity index (χ0) is 20.4. The summed E-state index contributed by atoms with van der Waals surface area (Å²) in [7, 11) is 1.77. The van der Waals surface area contributed by atoms with E-state index in [0.717, 1.165) is 11.3 Å². The van der Waals surface area contributed by atoms with E-state index in [1.807, 2.05) is 41.9 Å². The molecule has 1 unspecified atom stereocenters. The van der Waals surface area contributed by atoms with Crippen LogP contribution in [0.15, 0.2) is 46.2 Å². The van der Waals surface area contributed by atoms with E-state index < -0.39 is 5.60 Å². The Hall–Kier alpha value is -2.45. The predicted molar refractivity (Wildman–Crippen MR) is 113 cm³/mol. The van der Waals surface area contributed by atoms with Crippen LogP contribution in [0.5, 0.6) is 0 Å². The number of guanidine groups is 1. The molecule has 7 nitrogen and oxygen atoms in total. The number of aliphatic imine (C=N–C) groups is 1.